The smallest absolute Gasteiger partial charge is 0.269 e. The number of hydrogen-bond acceptors (Lipinski definition) is 3. The average Bonchev–Trinajstić information content (AvgIpc) is 2.15. The van der Waals surface area contributed by atoms with Crippen LogP contribution in [0.5, 0.6) is 5.75 Å². The molecule has 0 aliphatic heterocycles. The molecule has 0 N–H and O–H groups in total. The summed E-state index contributed by atoms with van der Waals surface area (Å²) in [5, 5.41) is 10.3. The number of benzene rings is 1. The van der Waals surface area contributed by atoms with Gasteiger partial charge in [0.25, 0.3) is 5.69 Å². The molecule has 1 aromatic carbocycles. The second kappa shape index (κ2) is 4.25. The van der Waals surface area contributed by atoms with Gasteiger partial charge in [-0.05, 0) is 12.1 Å². The fraction of sp³-hybridized carbons (Fsp3) is 0.111. The zero-order valence-corrected chi connectivity index (χ0v) is 6.97. The van der Waals surface area contributed by atoms with Crippen LogP contribution in [-0.4, -0.2) is 11.5 Å². The molecule has 0 aromatic heterocycles. The first-order valence-electron chi connectivity index (χ1n) is 3.72. The molecule has 0 saturated carbocycles. The molecule has 13 heavy (non-hydrogen) atoms. The van der Waals surface area contributed by atoms with E-state index in [-0.39, 0.29) is 5.69 Å². The third kappa shape index (κ3) is 2.59. The first-order chi connectivity index (χ1) is 6.24. The highest BCUT2D eigenvalue weighted by molar-refractivity contribution is 5.35. The Hall–Kier alpha value is -1.84. The molecule has 1 rings (SSSR count). The third-order valence-electron chi connectivity index (χ3n) is 1.42. The maximum absolute atomic E-state index is 10.3. The predicted octanol–water partition coefficient (Wildman–Crippen LogP) is 2.16. The highest BCUT2D eigenvalue weighted by Crippen LogP contribution is 2.16. The summed E-state index contributed by atoms with van der Waals surface area (Å²) < 4.78 is 5.15. The van der Waals surface area contributed by atoms with Gasteiger partial charge in [0.2, 0.25) is 0 Å². The molecule has 0 saturated heterocycles. The van der Waals surface area contributed by atoms with Gasteiger partial charge in [0.1, 0.15) is 12.4 Å². The van der Waals surface area contributed by atoms with Crippen LogP contribution in [0.3, 0.4) is 0 Å². The molecular formula is C9H9NO3. The Morgan fingerprint density at radius 2 is 2.08 bits per heavy atom. The highest BCUT2D eigenvalue weighted by Gasteiger charge is 2.03. The van der Waals surface area contributed by atoms with Crippen molar-refractivity contribution >= 4 is 5.69 Å². The van der Waals surface area contributed by atoms with E-state index in [0.29, 0.717) is 12.4 Å². The van der Waals surface area contributed by atoms with Crippen molar-refractivity contribution in [3.63, 3.8) is 0 Å². The van der Waals surface area contributed by atoms with Crippen molar-refractivity contribution in [2.24, 2.45) is 0 Å². The van der Waals surface area contributed by atoms with Crippen LogP contribution < -0.4 is 4.74 Å². The van der Waals surface area contributed by atoms with Crippen LogP contribution in [0, 0.1) is 10.1 Å². The maximum atomic E-state index is 10.3. The lowest BCUT2D eigenvalue weighted by molar-refractivity contribution is -0.384. The Morgan fingerprint density at radius 3 is 2.54 bits per heavy atom. The Labute approximate surface area is 75.6 Å². The Kier molecular flexibility index (Phi) is 3.03. The molecule has 4 nitrogen and oxygen atoms in total. The van der Waals surface area contributed by atoms with E-state index in [1.54, 1.807) is 18.2 Å². The Morgan fingerprint density at radius 1 is 1.46 bits per heavy atom. The monoisotopic (exact) mass is 179 g/mol. The molecule has 0 fully saturated rings. The van der Waals surface area contributed by atoms with E-state index in [9.17, 15) is 10.1 Å². The molecule has 0 aliphatic carbocycles. The number of nitro benzene ring substituents is 1. The summed E-state index contributed by atoms with van der Waals surface area (Å²) >= 11 is 0. The van der Waals surface area contributed by atoms with Crippen molar-refractivity contribution in [3.8, 4) is 5.75 Å². The lowest BCUT2D eigenvalue weighted by Crippen LogP contribution is -1.93. The average molecular weight is 179 g/mol. The molecule has 68 valence electrons. The minimum Gasteiger partial charge on any atom is -0.490 e. The van der Waals surface area contributed by atoms with Crippen molar-refractivity contribution < 1.29 is 9.66 Å². The molecule has 0 unspecified atom stereocenters. The van der Waals surface area contributed by atoms with Gasteiger partial charge in [-0.25, -0.2) is 0 Å². The van der Waals surface area contributed by atoms with Gasteiger partial charge in [0.05, 0.1) is 4.92 Å². The minimum absolute atomic E-state index is 0.0611. The summed E-state index contributed by atoms with van der Waals surface area (Å²) in [6, 6.07) is 5.92. The highest BCUT2D eigenvalue weighted by atomic mass is 16.6. The molecule has 0 atom stereocenters. The van der Waals surface area contributed by atoms with Gasteiger partial charge < -0.3 is 4.74 Å². The summed E-state index contributed by atoms with van der Waals surface area (Å²) in [4.78, 5) is 9.83. The van der Waals surface area contributed by atoms with Crippen molar-refractivity contribution in [1.82, 2.24) is 0 Å². The van der Waals surface area contributed by atoms with Gasteiger partial charge in [0, 0.05) is 12.1 Å². The quantitative estimate of drug-likeness (QED) is 0.404. The first-order valence-corrected chi connectivity index (χ1v) is 3.72. The number of ether oxygens (including phenoxy) is 1. The molecule has 4 heteroatoms. The van der Waals surface area contributed by atoms with E-state index < -0.39 is 4.92 Å². The van der Waals surface area contributed by atoms with E-state index in [0.717, 1.165) is 0 Å². The second-order valence-corrected chi connectivity index (χ2v) is 2.35. The summed E-state index contributed by atoms with van der Waals surface area (Å²) in [5.41, 5.74) is 0.0611. The predicted molar refractivity (Wildman–Crippen MR) is 48.8 cm³/mol. The summed E-state index contributed by atoms with van der Waals surface area (Å²) in [7, 11) is 0. The third-order valence-corrected chi connectivity index (χ3v) is 1.42. The van der Waals surface area contributed by atoms with Crippen LogP contribution in [0.4, 0.5) is 5.69 Å². The SMILES string of the molecule is C=CCOc1ccc([N+](=O)[O-])cc1. The number of nitrogens with zero attached hydrogens (tertiary/aromatic N) is 1. The molecule has 0 heterocycles. The van der Waals surface area contributed by atoms with Gasteiger partial charge in [-0.3, -0.25) is 10.1 Å². The van der Waals surface area contributed by atoms with Crippen LogP contribution in [0.15, 0.2) is 36.9 Å². The maximum Gasteiger partial charge on any atom is 0.269 e. The molecule has 0 bridgehead atoms. The van der Waals surface area contributed by atoms with E-state index in [1.165, 1.54) is 12.1 Å². The van der Waals surface area contributed by atoms with Crippen LogP contribution in [0.1, 0.15) is 0 Å². The van der Waals surface area contributed by atoms with E-state index >= 15 is 0 Å². The molecule has 0 amide bonds. The Balaban J connectivity index is 2.69. The fourth-order valence-corrected chi connectivity index (χ4v) is 0.819. The summed E-state index contributed by atoms with van der Waals surface area (Å²) in [5.74, 6) is 0.602. The van der Waals surface area contributed by atoms with E-state index in [4.69, 9.17) is 4.74 Å². The second-order valence-electron chi connectivity index (χ2n) is 2.35. The van der Waals surface area contributed by atoms with Crippen molar-refractivity contribution in [3.05, 3.63) is 47.0 Å². The molecule has 1 aromatic rings. The van der Waals surface area contributed by atoms with Gasteiger partial charge in [-0.1, -0.05) is 12.7 Å². The van der Waals surface area contributed by atoms with Crippen molar-refractivity contribution in [2.75, 3.05) is 6.61 Å². The summed E-state index contributed by atoms with van der Waals surface area (Å²) in [6.07, 6.45) is 1.61. The lowest BCUT2D eigenvalue weighted by Gasteiger charge is -2.00. The molecule has 0 aliphatic rings. The fourth-order valence-electron chi connectivity index (χ4n) is 0.819. The van der Waals surface area contributed by atoms with Crippen LogP contribution >= 0.6 is 0 Å². The standard InChI is InChI=1S/C9H9NO3/c1-2-7-13-9-5-3-8(4-6-9)10(11)12/h2-6H,1,7H2. The molecule has 0 radical (unpaired) electrons. The van der Waals surface area contributed by atoms with Crippen molar-refractivity contribution in [2.45, 2.75) is 0 Å². The number of non-ortho nitro benzene ring substituents is 1. The molecular weight excluding hydrogens is 170 g/mol. The summed E-state index contributed by atoms with van der Waals surface area (Å²) in [6.45, 7) is 3.89. The first kappa shape index (κ1) is 9.25. The van der Waals surface area contributed by atoms with Gasteiger partial charge in [0.15, 0.2) is 0 Å². The van der Waals surface area contributed by atoms with Gasteiger partial charge >= 0.3 is 0 Å². The topological polar surface area (TPSA) is 52.4 Å². The van der Waals surface area contributed by atoms with Crippen LogP contribution in [-0.2, 0) is 0 Å². The van der Waals surface area contributed by atoms with Gasteiger partial charge in [-0.15, -0.1) is 0 Å². The lowest BCUT2D eigenvalue weighted by atomic mass is 10.3. The van der Waals surface area contributed by atoms with E-state index in [1.807, 2.05) is 0 Å². The number of nitro groups is 1. The number of hydrogen-bond donors (Lipinski definition) is 0. The van der Waals surface area contributed by atoms with E-state index in [2.05, 4.69) is 6.58 Å². The number of rotatable bonds is 4. The van der Waals surface area contributed by atoms with Crippen molar-refractivity contribution in [1.29, 1.82) is 0 Å². The minimum atomic E-state index is -0.447. The zero-order chi connectivity index (χ0) is 9.68. The molecule has 0 spiro atoms. The van der Waals surface area contributed by atoms with Crippen LogP contribution in [0.2, 0.25) is 0 Å². The Bertz CT molecular complexity index is 305. The zero-order valence-electron chi connectivity index (χ0n) is 6.97. The normalized spacial score (nSPS) is 9.23. The van der Waals surface area contributed by atoms with Crippen LogP contribution in [0.25, 0.3) is 0 Å². The van der Waals surface area contributed by atoms with Gasteiger partial charge in [-0.2, -0.15) is 0 Å². The largest absolute Gasteiger partial charge is 0.490 e.